The Labute approximate surface area is 137 Å². The fourth-order valence-corrected chi connectivity index (χ4v) is 2.20. The van der Waals surface area contributed by atoms with E-state index >= 15 is 0 Å². The monoisotopic (exact) mass is 325 g/mol. The molecule has 8 nitrogen and oxygen atoms in total. The van der Waals surface area contributed by atoms with Crippen LogP contribution in [0.1, 0.15) is 6.42 Å². The summed E-state index contributed by atoms with van der Waals surface area (Å²) in [5, 5.41) is 3.20. The molecule has 0 fully saturated rings. The minimum Gasteiger partial charge on any atom is -0.467 e. The lowest BCUT2D eigenvalue weighted by Gasteiger charge is -2.07. The summed E-state index contributed by atoms with van der Waals surface area (Å²) >= 11 is 0. The van der Waals surface area contributed by atoms with Crippen molar-refractivity contribution in [3.63, 3.8) is 0 Å². The van der Waals surface area contributed by atoms with Crippen LogP contribution in [0.2, 0.25) is 0 Å². The van der Waals surface area contributed by atoms with Crippen LogP contribution in [0.5, 0.6) is 6.01 Å². The molecule has 0 saturated carbocycles. The topological polar surface area (TPSA) is 99.0 Å². The summed E-state index contributed by atoms with van der Waals surface area (Å²) in [6.07, 6.45) is 4.49. The van der Waals surface area contributed by atoms with Gasteiger partial charge in [-0.1, -0.05) is 12.1 Å². The van der Waals surface area contributed by atoms with E-state index in [-0.39, 0.29) is 30.4 Å². The van der Waals surface area contributed by atoms with E-state index in [9.17, 15) is 9.59 Å². The van der Waals surface area contributed by atoms with E-state index in [2.05, 4.69) is 20.3 Å². The molecule has 24 heavy (non-hydrogen) atoms. The van der Waals surface area contributed by atoms with Crippen molar-refractivity contribution in [1.29, 1.82) is 0 Å². The third-order valence-electron chi connectivity index (χ3n) is 3.41. The summed E-state index contributed by atoms with van der Waals surface area (Å²) in [6.45, 7) is 0.236. The molecular weight excluding hydrogens is 310 g/mol. The molecule has 1 amide bonds. The molecule has 0 aliphatic rings. The highest BCUT2D eigenvalue weighted by atomic mass is 16.5. The lowest BCUT2D eigenvalue weighted by Crippen LogP contribution is -2.23. The largest absolute Gasteiger partial charge is 0.467 e. The van der Waals surface area contributed by atoms with Crippen molar-refractivity contribution in [2.45, 2.75) is 13.0 Å². The van der Waals surface area contributed by atoms with Crippen molar-refractivity contribution >= 4 is 22.5 Å². The van der Waals surface area contributed by atoms with Crippen LogP contribution < -0.4 is 15.6 Å². The quantitative estimate of drug-likeness (QED) is 0.757. The maximum Gasteiger partial charge on any atom is 0.316 e. The molecule has 0 aliphatic carbocycles. The molecule has 122 valence electrons. The van der Waals surface area contributed by atoms with E-state index < -0.39 is 0 Å². The molecule has 8 heteroatoms. The normalized spacial score (nSPS) is 10.5. The van der Waals surface area contributed by atoms with Crippen LogP contribution in [0.25, 0.3) is 10.9 Å². The fourth-order valence-electron chi connectivity index (χ4n) is 2.20. The van der Waals surface area contributed by atoms with Crippen molar-refractivity contribution in [2.75, 3.05) is 12.4 Å². The zero-order chi connectivity index (χ0) is 16.9. The molecule has 0 unspecified atom stereocenters. The Balaban J connectivity index is 1.65. The molecule has 3 rings (SSSR count). The minimum absolute atomic E-state index is 0.131. The summed E-state index contributed by atoms with van der Waals surface area (Å²) in [5.74, 6) is -0.246. The van der Waals surface area contributed by atoms with Crippen LogP contribution in [0.4, 0.5) is 5.69 Å². The van der Waals surface area contributed by atoms with Gasteiger partial charge in [-0.15, -0.1) is 0 Å². The van der Waals surface area contributed by atoms with Crippen LogP contribution in [-0.4, -0.2) is 32.5 Å². The maximum atomic E-state index is 12.3. The molecule has 1 N–H and O–H groups in total. The zero-order valence-corrected chi connectivity index (χ0v) is 13.0. The third kappa shape index (κ3) is 3.37. The van der Waals surface area contributed by atoms with Gasteiger partial charge in [0, 0.05) is 13.0 Å². The highest BCUT2D eigenvalue weighted by Gasteiger charge is 2.07. The summed E-state index contributed by atoms with van der Waals surface area (Å²) in [4.78, 5) is 36.3. The molecule has 0 bridgehead atoms. The number of amides is 1. The number of para-hydroxylation sites is 1. The Morgan fingerprint density at radius 2 is 1.96 bits per heavy atom. The molecular formula is C16H15N5O3. The number of hydrogen-bond donors (Lipinski definition) is 1. The number of carbonyl (C=O) groups is 1. The number of aromatic nitrogens is 4. The number of nitrogens with zero attached hydrogens (tertiary/aromatic N) is 4. The summed E-state index contributed by atoms with van der Waals surface area (Å²) in [6, 6.07) is 7.32. The SMILES string of the molecule is COc1ncc(NC(=O)CCn2cnc3ccccc3c2=O)cn1. The molecule has 0 radical (unpaired) electrons. The van der Waals surface area contributed by atoms with E-state index in [1.54, 1.807) is 18.2 Å². The number of ether oxygens (including phenoxy) is 1. The average Bonchev–Trinajstić information content (AvgIpc) is 2.62. The maximum absolute atomic E-state index is 12.3. The van der Waals surface area contributed by atoms with E-state index in [1.165, 1.54) is 30.4 Å². The second-order valence-corrected chi connectivity index (χ2v) is 5.02. The van der Waals surface area contributed by atoms with Crippen molar-refractivity contribution in [3.8, 4) is 6.01 Å². The first kappa shape index (κ1) is 15.6. The molecule has 0 spiro atoms. The lowest BCUT2D eigenvalue weighted by molar-refractivity contribution is -0.116. The summed E-state index contributed by atoms with van der Waals surface area (Å²) in [7, 11) is 1.46. The highest BCUT2D eigenvalue weighted by Crippen LogP contribution is 2.08. The van der Waals surface area contributed by atoms with Gasteiger partial charge in [-0.3, -0.25) is 14.2 Å². The van der Waals surface area contributed by atoms with Crippen LogP contribution in [0.3, 0.4) is 0 Å². The smallest absolute Gasteiger partial charge is 0.316 e. The predicted octanol–water partition coefficient (Wildman–Crippen LogP) is 1.22. The Kier molecular flexibility index (Phi) is 4.46. The Hall–Kier alpha value is -3.29. The van der Waals surface area contributed by atoms with Gasteiger partial charge in [0.2, 0.25) is 5.91 Å². The molecule has 0 atom stereocenters. The van der Waals surface area contributed by atoms with Crippen LogP contribution in [0, 0.1) is 0 Å². The molecule has 0 aliphatic heterocycles. The first-order valence-corrected chi connectivity index (χ1v) is 7.27. The lowest BCUT2D eigenvalue weighted by atomic mass is 10.2. The number of methoxy groups -OCH3 is 1. The van der Waals surface area contributed by atoms with Gasteiger partial charge >= 0.3 is 6.01 Å². The van der Waals surface area contributed by atoms with Gasteiger partial charge in [-0.05, 0) is 12.1 Å². The number of benzene rings is 1. The van der Waals surface area contributed by atoms with E-state index in [0.29, 0.717) is 16.6 Å². The zero-order valence-electron chi connectivity index (χ0n) is 13.0. The molecule has 3 aromatic rings. The van der Waals surface area contributed by atoms with Gasteiger partial charge in [-0.25, -0.2) is 15.0 Å². The number of hydrogen-bond acceptors (Lipinski definition) is 6. The average molecular weight is 325 g/mol. The van der Waals surface area contributed by atoms with Crippen LogP contribution in [0.15, 0.2) is 47.8 Å². The fraction of sp³-hybridized carbons (Fsp3) is 0.188. The second kappa shape index (κ2) is 6.86. The van der Waals surface area contributed by atoms with Crippen molar-refractivity contribution in [2.24, 2.45) is 0 Å². The predicted molar refractivity (Wildman–Crippen MR) is 87.8 cm³/mol. The van der Waals surface area contributed by atoms with Crippen molar-refractivity contribution in [1.82, 2.24) is 19.5 Å². The van der Waals surface area contributed by atoms with Gasteiger partial charge in [0.05, 0.1) is 42.4 Å². The van der Waals surface area contributed by atoms with E-state index in [1.807, 2.05) is 6.07 Å². The van der Waals surface area contributed by atoms with Gasteiger partial charge in [0.25, 0.3) is 5.56 Å². The number of aryl methyl sites for hydroxylation is 1. The second-order valence-electron chi connectivity index (χ2n) is 5.02. The van der Waals surface area contributed by atoms with Crippen LogP contribution in [-0.2, 0) is 11.3 Å². The Morgan fingerprint density at radius 3 is 2.71 bits per heavy atom. The first-order valence-electron chi connectivity index (χ1n) is 7.27. The van der Waals surface area contributed by atoms with Gasteiger partial charge in [-0.2, -0.15) is 0 Å². The van der Waals surface area contributed by atoms with E-state index in [4.69, 9.17) is 4.74 Å². The molecule has 1 aromatic carbocycles. The number of nitrogens with one attached hydrogen (secondary N) is 1. The Morgan fingerprint density at radius 1 is 1.21 bits per heavy atom. The number of rotatable bonds is 5. The van der Waals surface area contributed by atoms with Crippen molar-refractivity contribution < 1.29 is 9.53 Å². The number of anilines is 1. The minimum atomic E-state index is -0.246. The summed E-state index contributed by atoms with van der Waals surface area (Å²) < 4.78 is 6.27. The summed E-state index contributed by atoms with van der Waals surface area (Å²) in [5.41, 5.74) is 0.935. The number of fused-ring (bicyclic) bond motifs is 1. The highest BCUT2D eigenvalue weighted by molar-refractivity contribution is 5.90. The molecule has 0 saturated heterocycles. The first-order chi connectivity index (χ1) is 11.7. The molecule has 2 heterocycles. The Bertz CT molecular complexity index is 921. The molecule has 2 aromatic heterocycles. The van der Waals surface area contributed by atoms with Gasteiger partial charge < -0.3 is 10.1 Å². The van der Waals surface area contributed by atoms with Crippen LogP contribution >= 0.6 is 0 Å². The standard InChI is InChI=1S/C16H15N5O3/c1-24-16-17-8-11(9-18-16)20-14(22)6-7-21-10-19-13-5-3-2-4-12(13)15(21)23/h2-5,8-10H,6-7H2,1H3,(H,20,22). The number of carbonyl (C=O) groups excluding carboxylic acids is 1. The third-order valence-corrected chi connectivity index (χ3v) is 3.41. The van der Waals surface area contributed by atoms with E-state index in [0.717, 1.165) is 0 Å². The van der Waals surface area contributed by atoms with Crippen molar-refractivity contribution in [3.05, 3.63) is 53.3 Å². The van der Waals surface area contributed by atoms with Gasteiger partial charge in [0.1, 0.15) is 0 Å². The van der Waals surface area contributed by atoms with Gasteiger partial charge in [0.15, 0.2) is 0 Å².